The first-order chi connectivity index (χ1) is 8.68. The molecule has 0 radical (unpaired) electrons. The Hall–Kier alpha value is -2.42. The SMILES string of the molecule is C=C1c2ccc(-c3cccnc3)cc2C(=O)N1C. The van der Waals surface area contributed by atoms with E-state index in [0.717, 1.165) is 22.4 Å². The molecule has 1 aliphatic rings. The second-order valence-corrected chi connectivity index (χ2v) is 4.31. The Kier molecular flexibility index (Phi) is 2.27. The number of aromatic nitrogens is 1. The van der Waals surface area contributed by atoms with Crippen LogP contribution in [0.4, 0.5) is 0 Å². The van der Waals surface area contributed by atoms with Gasteiger partial charge in [-0.2, -0.15) is 0 Å². The molecule has 0 fully saturated rings. The second-order valence-electron chi connectivity index (χ2n) is 4.31. The molecule has 0 N–H and O–H groups in total. The smallest absolute Gasteiger partial charge is 0.258 e. The van der Waals surface area contributed by atoms with Gasteiger partial charge in [-0.3, -0.25) is 9.78 Å². The zero-order valence-corrected chi connectivity index (χ0v) is 10.1. The number of nitrogens with zero attached hydrogens (tertiary/aromatic N) is 2. The van der Waals surface area contributed by atoms with Crippen molar-refractivity contribution in [1.82, 2.24) is 9.88 Å². The van der Waals surface area contributed by atoms with Crippen LogP contribution in [-0.2, 0) is 0 Å². The van der Waals surface area contributed by atoms with Gasteiger partial charge in [-0.25, -0.2) is 0 Å². The molecule has 0 saturated carbocycles. The number of hydrogen-bond acceptors (Lipinski definition) is 2. The van der Waals surface area contributed by atoms with Crippen molar-refractivity contribution in [2.45, 2.75) is 0 Å². The molecule has 3 rings (SSSR count). The van der Waals surface area contributed by atoms with E-state index in [9.17, 15) is 4.79 Å². The fourth-order valence-electron chi connectivity index (χ4n) is 2.17. The van der Waals surface area contributed by atoms with Crippen LogP contribution in [0.2, 0.25) is 0 Å². The fraction of sp³-hybridized carbons (Fsp3) is 0.0667. The van der Waals surface area contributed by atoms with E-state index in [4.69, 9.17) is 0 Å². The molecule has 0 atom stereocenters. The van der Waals surface area contributed by atoms with E-state index in [1.54, 1.807) is 24.3 Å². The second kappa shape index (κ2) is 3.81. The summed E-state index contributed by atoms with van der Waals surface area (Å²) in [6.45, 7) is 3.92. The normalized spacial score (nSPS) is 13.9. The lowest BCUT2D eigenvalue weighted by Crippen LogP contribution is -2.16. The number of fused-ring (bicyclic) bond motifs is 1. The summed E-state index contributed by atoms with van der Waals surface area (Å²) in [6, 6.07) is 9.71. The molecular weight excluding hydrogens is 224 g/mol. The Balaban J connectivity index is 2.14. The number of rotatable bonds is 1. The molecule has 88 valence electrons. The van der Waals surface area contributed by atoms with Crippen LogP contribution in [0.25, 0.3) is 16.8 Å². The Morgan fingerprint density at radius 2 is 2.00 bits per heavy atom. The van der Waals surface area contributed by atoms with Gasteiger partial charge in [0.1, 0.15) is 0 Å². The molecule has 1 aromatic heterocycles. The third-order valence-corrected chi connectivity index (χ3v) is 3.27. The van der Waals surface area contributed by atoms with Gasteiger partial charge in [0.25, 0.3) is 5.91 Å². The van der Waals surface area contributed by atoms with Gasteiger partial charge in [-0.1, -0.05) is 24.8 Å². The zero-order chi connectivity index (χ0) is 12.7. The number of amides is 1. The van der Waals surface area contributed by atoms with Crippen LogP contribution in [0.3, 0.4) is 0 Å². The first-order valence-electron chi connectivity index (χ1n) is 5.70. The molecule has 18 heavy (non-hydrogen) atoms. The van der Waals surface area contributed by atoms with Crippen molar-refractivity contribution in [2.24, 2.45) is 0 Å². The topological polar surface area (TPSA) is 33.2 Å². The number of carbonyl (C=O) groups excluding carboxylic acids is 1. The average molecular weight is 236 g/mol. The summed E-state index contributed by atoms with van der Waals surface area (Å²) in [4.78, 5) is 17.7. The molecule has 2 heterocycles. The van der Waals surface area contributed by atoms with Gasteiger partial charge in [0.15, 0.2) is 0 Å². The molecule has 2 aromatic rings. The van der Waals surface area contributed by atoms with Crippen LogP contribution in [0.5, 0.6) is 0 Å². The molecule has 0 spiro atoms. The van der Waals surface area contributed by atoms with Crippen LogP contribution < -0.4 is 0 Å². The minimum atomic E-state index is 0.000685. The third kappa shape index (κ3) is 1.44. The Morgan fingerprint density at radius 1 is 1.17 bits per heavy atom. The Bertz CT molecular complexity index is 647. The third-order valence-electron chi connectivity index (χ3n) is 3.27. The summed E-state index contributed by atoms with van der Waals surface area (Å²) in [5.74, 6) is 0.000685. The first kappa shape index (κ1) is 10.7. The first-order valence-corrected chi connectivity index (χ1v) is 5.70. The van der Waals surface area contributed by atoms with Crippen molar-refractivity contribution in [2.75, 3.05) is 7.05 Å². The fourth-order valence-corrected chi connectivity index (χ4v) is 2.17. The van der Waals surface area contributed by atoms with E-state index in [-0.39, 0.29) is 5.91 Å². The van der Waals surface area contributed by atoms with Crippen molar-refractivity contribution in [1.29, 1.82) is 0 Å². The van der Waals surface area contributed by atoms with E-state index < -0.39 is 0 Å². The van der Waals surface area contributed by atoms with Gasteiger partial charge in [-0.05, 0) is 17.7 Å². The summed E-state index contributed by atoms with van der Waals surface area (Å²) in [5, 5.41) is 0. The van der Waals surface area contributed by atoms with Gasteiger partial charge in [-0.15, -0.1) is 0 Å². The molecule has 1 amide bonds. The maximum Gasteiger partial charge on any atom is 0.258 e. The highest BCUT2D eigenvalue weighted by Crippen LogP contribution is 2.33. The largest absolute Gasteiger partial charge is 0.311 e. The van der Waals surface area contributed by atoms with E-state index >= 15 is 0 Å². The molecule has 0 aliphatic carbocycles. The standard InChI is InChI=1S/C15H12N2O/c1-10-13-6-5-11(12-4-3-7-16-9-12)8-14(13)15(18)17(10)2/h3-9H,1H2,2H3. The average Bonchev–Trinajstić information content (AvgIpc) is 2.65. The van der Waals surface area contributed by atoms with Gasteiger partial charge >= 0.3 is 0 Å². The van der Waals surface area contributed by atoms with E-state index in [1.807, 2.05) is 30.3 Å². The summed E-state index contributed by atoms with van der Waals surface area (Å²) in [7, 11) is 1.74. The predicted molar refractivity (Wildman–Crippen MR) is 70.8 cm³/mol. The highest BCUT2D eigenvalue weighted by atomic mass is 16.2. The molecule has 0 bridgehead atoms. The van der Waals surface area contributed by atoms with Crippen LogP contribution in [0, 0.1) is 0 Å². The minimum absolute atomic E-state index is 0.000685. The summed E-state index contributed by atoms with van der Waals surface area (Å²) >= 11 is 0. The van der Waals surface area contributed by atoms with E-state index in [2.05, 4.69) is 11.6 Å². The van der Waals surface area contributed by atoms with Crippen molar-refractivity contribution >= 4 is 11.6 Å². The predicted octanol–water partition coefficient (Wildman–Crippen LogP) is 2.80. The molecule has 0 unspecified atom stereocenters. The van der Waals surface area contributed by atoms with Crippen molar-refractivity contribution in [3.05, 3.63) is 60.4 Å². The highest BCUT2D eigenvalue weighted by molar-refractivity contribution is 6.09. The minimum Gasteiger partial charge on any atom is -0.311 e. The highest BCUT2D eigenvalue weighted by Gasteiger charge is 2.28. The maximum absolute atomic E-state index is 12.0. The molecular formula is C15H12N2O. The molecule has 1 aromatic carbocycles. The van der Waals surface area contributed by atoms with Crippen LogP contribution in [0.1, 0.15) is 15.9 Å². The van der Waals surface area contributed by atoms with Gasteiger partial charge in [0.05, 0.1) is 0 Å². The van der Waals surface area contributed by atoms with Crippen LogP contribution >= 0.6 is 0 Å². The maximum atomic E-state index is 12.0. The Labute approximate surface area is 105 Å². The number of pyridine rings is 1. The summed E-state index contributed by atoms with van der Waals surface area (Å²) < 4.78 is 0. The molecule has 3 nitrogen and oxygen atoms in total. The summed E-state index contributed by atoms with van der Waals surface area (Å²) in [6.07, 6.45) is 3.53. The van der Waals surface area contributed by atoms with E-state index in [1.165, 1.54) is 0 Å². The van der Waals surface area contributed by atoms with Crippen molar-refractivity contribution in [3.63, 3.8) is 0 Å². The van der Waals surface area contributed by atoms with Crippen molar-refractivity contribution < 1.29 is 4.79 Å². The molecule has 1 aliphatic heterocycles. The number of hydrogen-bond donors (Lipinski definition) is 0. The van der Waals surface area contributed by atoms with Gasteiger partial charge in [0, 0.05) is 41.8 Å². The number of carbonyl (C=O) groups is 1. The van der Waals surface area contributed by atoms with Crippen LogP contribution in [0.15, 0.2) is 49.3 Å². The zero-order valence-electron chi connectivity index (χ0n) is 10.1. The lowest BCUT2D eigenvalue weighted by Gasteiger charge is -2.07. The lowest BCUT2D eigenvalue weighted by atomic mass is 10.0. The van der Waals surface area contributed by atoms with Crippen molar-refractivity contribution in [3.8, 4) is 11.1 Å². The molecule has 0 saturated heterocycles. The quantitative estimate of drug-likeness (QED) is 0.762. The summed E-state index contributed by atoms with van der Waals surface area (Å²) in [5.41, 5.74) is 4.39. The lowest BCUT2D eigenvalue weighted by molar-refractivity contribution is 0.0875. The monoisotopic (exact) mass is 236 g/mol. The van der Waals surface area contributed by atoms with Crippen LogP contribution in [-0.4, -0.2) is 22.8 Å². The van der Waals surface area contributed by atoms with Gasteiger partial charge < -0.3 is 4.90 Å². The molecule has 3 heteroatoms. The van der Waals surface area contributed by atoms with E-state index in [0.29, 0.717) is 5.56 Å². The van der Waals surface area contributed by atoms with Gasteiger partial charge in [0.2, 0.25) is 0 Å². The Morgan fingerprint density at radius 3 is 2.72 bits per heavy atom. The number of benzene rings is 1.